The highest BCUT2D eigenvalue weighted by Crippen LogP contribution is 2.70. The quantitative estimate of drug-likeness (QED) is 0.188. The van der Waals surface area contributed by atoms with E-state index in [4.69, 9.17) is 0 Å². The van der Waals surface area contributed by atoms with E-state index >= 15 is 4.57 Å². The zero-order valence-corrected chi connectivity index (χ0v) is 24.9. The first-order chi connectivity index (χ1) is 21.7. The molecular weight excluding hydrogens is 555 g/mol. The van der Waals surface area contributed by atoms with Gasteiger partial charge in [-0.25, -0.2) is 0 Å². The molecule has 210 valence electrons. The van der Waals surface area contributed by atoms with Crippen molar-refractivity contribution in [3.63, 3.8) is 0 Å². The van der Waals surface area contributed by atoms with E-state index in [-0.39, 0.29) is 0 Å². The van der Waals surface area contributed by atoms with Crippen LogP contribution in [-0.4, -0.2) is 0 Å². The Bertz CT molecular complexity index is 2060. The molecule has 3 nitrogen and oxygen atoms in total. The van der Waals surface area contributed by atoms with Crippen LogP contribution in [0.25, 0.3) is 33.0 Å². The Balaban J connectivity index is 1.41. The fourth-order valence-electron chi connectivity index (χ4n) is 6.37. The Morgan fingerprint density at radius 2 is 0.818 bits per heavy atom. The van der Waals surface area contributed by atoms with Crippen LogP contribution in [0.1, 0.15) is 0 Å². The fraction of sp³-hybridized carbons (Fsp3) is 0. The van der Waals surface area contributed by atoms with Crippen molar-refractivity contribution < 1.29 is 4.57 Å². The first-order valence-corrected chi connectivity index (χ1v) is 16.4. The van der Waals surface area contributed by atoms with Crippen LogP contribution in [0.2, 0.25) is 0 Å². The summed E-state index contributed by atoms with van der Waals surface area (Å²) in [5.41, 5.74) is 8.00. The lowest BCUT2D eigenvalue weighted by molar-refractivity contribution is 0.582. The predicted molar refractivity (Wildman–Crippen MR) is 186 cm³/mol. The molecule has 0 fully saturated rings. The molecule has 0 N–H and O–H groups in total. The summed E-state index contributed by atoms with van der Waals surface area (Å²) < 4.78 is 20.7. The largest absolute Gasteiger partial charge is 0.302 e. The number of para-hydroxylation sites is 2. The van der Waals surface area contributed by atoms with Gasteiger partial charge in [0.25, 0.3) is 0 Å². The summed E-state index contributed by atoms with van der Waals surface area (Å²) in [5, 5.41) is 2.86. The number of nitrogens with zero attached hydrogens (tertiary/aromatic N) is 2. The maximum absolute atomic E-state index is 16.5. The Morgan fingerprint density at radius 3 is 1.39 bits per heavy atom. The molecule has 0 saturated heterocycles. The third-order valence-electron chi connectivity index (χ3n) is 8.36. The third-order valence-corrected chi connectivity index (χ3v) is 11.4. The minimum Gasteiger partial charge on any atom is -0.270 e. The lowest BCUT2D eigenvalue weighted by atomic mass is 10.0. The van der Waals surface area contributed by atoms with Gasteiger partial charge in [-0.2, -0.15) is 0 Å². The van der Waals surface area contributed by atoms with Gasteiger partial charge in [-0.15, -0.1) is 0 Å². The first kappa shape index (κ1) is 26.3. The van der Waals surface area contributed by atoms with E-state index in [1.807, 2.05) is 48.5 Å². The maximum Gasteiger partial charge on any atom is 0.302 e. The van der Waals surface area contributed by atoms with E-state index < -0.39 is 7.44 Å². The van der Waals surface area contributed by atoms with Crippen molar-refractivity contribution in [1.82, 2.24) is 0 Å². The molecule has 7 aromatic carbocycles. The second kappa shape index (κ2) is 10.7. The molecule has 1 aliphatic rings. The summed E-state index contributed by atoms with van der Waals surface area (Å²) in [4.78, 5) is 0. The van der Waals surface area contributed by atoms with Crippen molar-refractivity contribution in [3.05, 3.63) is 176 Å². The van der Waals surface area contributed by atoms with E-state index in [0.29, 0.717) is 0 Å². The van der Waals surface area contributed by atoms with Gasteiger partial charge in [-0.05, 0) is 75.5 Å². The molecule has 1 aliphatic heterocycles. The van der Waals surface area contributed by atoms with Gasteiger partial charge in [0, 0.05) is 0 Å². The second-order valence-corrected chi connectivity index (χ2v) is 13.4. The summed E-state index contributed by atoms with van der Waals surface area (Å²) >= 11 is 0. The van der Waals surface area contributed by atoms with Crippen LogP contribution in [0.5, 0.6) is 0 Å². The molecule has 0 bridgehead atoms. The smallest absolute Gasteiger partial charge is 0.270 e. The Morgan fingerprint density at radius 1 is 0.386 bits per heavy atom. The monoisotopic (exact) mass is 584 g/mol. The van der Waals surface area contributed by atoms with Gasteiger partial charge in [0.2, 0.25) is 0 Å². The van der Waals surface area contributed by atoms with Crippen LogP contribution in [0.15, 0.2) is 176 Å². The van der Waals surface area contributed by atoms with E-state index in [1.54, 1.807) is 0 Å². The highest BCUT2D eigenvalue weighted by Gasteiger charge is 2.49. The van der Waals surface area contributed by atoms with Gasteiger partial charge in [0.1, 0.15) is 0 Å². The number of anilines is 4. The zero-order valence-electron chi connectivity index (χ0n) is 24.0. The molecule has 0 aromatic heterocycles. The molecule has 1 heterocycles. The average molecular weight is 585 g/mol. The lowest BCUT2D eigenvalue weighted by Crippen LogP contribution is -2.27. The maximum atomic E-state index is 16.5. The molecule has 4 heteroatoms. The summed E-state index contributed by atoms with van der Waals surface area (Å²) in [6.07, 6.45) is 0. The highest BCUT2D eigenvalue weighted by molar-refractivity contribution is 7.76. The van der Waals surface area contributed by atoms with Crippen molar-refractivity contribution in [2.45, 2.75) is 0 Å². The molecule has 0 saturated carbocycles. The van der Waals surface area contributed by atoms with Crippen molar-refractivity contribution in [2.24, 2.45) is 0 Å². The number of hydrogen-bond acceptors (Lipinski definition) is 1. The van der Waals surface area contributed by atoms with E-state index in [9.17, 15) is 0 Å². The van der Waals surface area contributed by atoms with Crippen LogP contribution in [0.4, 0.5) is 22.7 Å². The summed E-state index contributed by atoms with van der Waals surface area (Å²) in [6.45, 7) is 0. The number of hydrogen-bond donors (Lipinski definition) is 0. The Kier molecular flexibility index (Phi) is 6.40. The van der Waals surface area contributed by atoms with E-state index in [2.05, 4.69) is 137 Å². The molecule has 0 aliphatic carbocycles. The van der Waals surface area contributed by atoms with Crippen molar-refractivity contribution in [2.75, 3.05) is 9.34 Å². The van der Waals surface area contributed by atoms with Crippen LogP contribution in [-0.2, 0) is 4.57 Å². The molecular formula is C40H29N2OP. The zero-order chi connectivity index (χ0) is 29.5. The summed E-state index contributed by atoms with van der Waals surface area (Å²) in [7, 11) is -3.57. The normalized spacial score (nSPS) is 13.6. The molecule has 44 heavy (non-hydrogen) atoms. The van der Waals surface area contributed by atoms with Crippen molar-refractivity contribution in [3.8, 4) is 22.3 Å². The molecule has 0 atom stereocenters. The lowest BCUT2D eigenvalue weighted by Gasteiger charge is -2.34. The SMILES string of the molecule is O=P1(c2cccc3ccccc23)N(c2cccc(-c3ccccc3)c2)c2ccccc2N1c1cccc(-c2ccccc2)c1. The molecule has 8 rings (SSSR count). The fourth-order valence-corrected chi connectivity index (χ4v) is 9.57. The number of rotatable bonds is 5. The first-order valence-electron chi connectivity index (χ1n) is 14.8. The van der Waals surface area contributed by atoms with Crippen LogP contribution in [0.3, 0.4) is 0 Å². The number of benzene rings is 7. The highest BCUT2D eigenvalue weighted by atomic mass is 31.2. The molecule has 0 radical (unpaired) electrons. The molecule has 0 amide bonds. The topological polar surface area (TPSA) is 23.6 Å². The number of fused-ring (bicyclic) bond motifs is 2. The third kappa shape index (κ3) is 4.25. The summed E-state index contributed by atoms with van der Waals surface area (Å²) in [6, 6.07) is 60.2. The van der Waals surface area contributed by atoms with Crippen molar-refractivity contribution in [1.29, 1.82) is 0 Å². The standard InChI is InChI=1S/C40H29N2OP/c43-44(40-27-13-19-32-18-7-8-24-37(32)40)41(35-22-11-20-33(28-35)30-14-3-1-4-15-30)38-25-9-10-26-39(38)42(44)36-23-12-21-34(29-36)31-16-5-2-6-17-31/h1-29H. The van der Waals surface area contributed by atoms with Gasteiger partial charge in [0.05, 0.1) is 28.1 Å². The van der Waals surface area contributed by atoms with E-state index in [0.717, 1.165) is 61.1 Å². The van der Waals surface area contributed by atoms with Crippen LogP contribution in [0, 0.1) is 0 Å². The molecule has 7 aromatic rings. The van der Waals surface area contributed by atoms with Gasteiger partial charge >= 0.3 is 7.44 Å². The van der Waals surface area contributed by atoms with E-state index in [1.165, 1.54) is 0 Å². The van der Waals surface area contributed by atoms with Gasteiger partial charge in [0.15, 0.2) is 0 Å². The predicted octanol–water partition coefficient (Wildman–Crippen LogP) is 11.0. The second-order valence-electron chi connectivity index (χ2n) is 11.0. The van der Waals surface area contributed by atoms with Gasteiger partial charge in [-0.1, -0.05) is 133 Å². The minimum absolute atomic E-state index is 0.807. The van der Waals surface area contributed by atoms with Crippen LogP contribution < -0.4 is 14.6 Å². The molecule has 0 unspecified atom stereocenters. The van der Waals surface area contributed by atoms with Crippen LogP contribution >= 0.6 is 7.44 Å². The molecule has 0 spiro atoms. The summed E-state index contributed by atoms with van der Waals surface area (Å²) in [5.74, 6) is 0. The van der Waals surface area contributed by atoms with Crippen molar-refractivity contribution >= 4 is 46.3 Å². The Labute approximate surface area is 257 Å². The Hall–Kier alpha value is -5.37. The average Bonchev–Trinajstić information content (AvgIpc) is 3.37. The van der Waals surface area contributed by atoms with Gasteiger partial charge in [-0.3, -0.25) is 13.9 Å². The van der Waals surface area contributed by atoms with Gasteiger partial charge < -0.3 is 0 Å². The minimum atomic E-state index is -3.57.